The minimum absolute atomic E-state index is 0.498. The van der Waals surface area contributed by atoms with E-state index in [1.54, 1.807) is 18.0 Å². The molecule has 106 valence electrons. The van der Waals surface area contributed by atoms with Gasteiger partial charge in [-0.25, -0.2) is 0 Å². The number of pyridine rings is 1. The fraction of sp³-hybridized carbons (Fsp3) is 0.167. The highest BCUT2D eigenvalue weighted by Crippen LogP contribution is 2.29. The molecular formula is C18H17NOS. The van der Waals surface area contributed by atoms with Crippen LogP contribution in [0.1, 0.15) is 17.2 Å². The van der Waals surface area contributed by atoms with E-state index in [0.29, 0.717) is 5.75 Å². The molecule has 0 aliphatic heterocycles. The minimum atomic E-state index is -0.498. The van der Waals surface area contributed by atoms with E-state index in [-0.39, 0.29) is 0 Å². The second kappa shape index (κ2) is 6.29. The molecular weight excluding hydrogens is 278 g/mol. The molecule has 0 bridgehead atoms. The highest BCUT2D eigenvalue weighted by Gasteiger charge is 2.12. The molecule has 0 radical (unpaired) electrons. The molecule has 0 aliphatic rings. The molecule has 3 heteroatoms. The van der Waals surface area contributed by atoms with Crippen LogP contribution in [-0.2, 0) is 0 Å². The van der Waals surface area contributed by atoms with Crippen molar-refractivity contribution in [1.29, 1.82) is 0 Å². The van der Waals surface area contributed by atoms with E-state index in [0.717, 1.165) is 16.5 Å². The van der Waals surface area contributed by atoms with E-state index < -0.39 is 6.10 Å². The molecule has 0 saturated heterocycles. The lowest BCUT2D eigenvalue weighted by Crippen LogP contribution is -2.02. The van der Waals surface area contributed by atoms with Crippen molar-refractivity contribution in [2.45, 2.75) is 17.9 Å². The summed E-state index contributed by atoms with van der Waals surface area (Å²) in [5.41, 5.74) is 3.12. The van der Waals surface area contributed by atoms with Crippen molar-refractivity contribution in [3.8, 4) is 0 Å². The summed E-state index contributed by atoms with van der Waals surface area (Å²) in [5, 5.41) is 11.5. The Hall–Kier alpha value is -1.84. The molecule has 1 heterocycles. The first-order valence-electron chi connectivity index (χ1n) is 6.96. The zero-order valence-corrected chi connectivity index (χ0v) is 12.7. The quantitative estimate of drug-likeness (QED) is 0.726. The number of nitrogens with zero attached hydrogens (tertiary/aromatic N) is 1. The molecule has 0 amide bonds. The molecule has 0 aliphatic carbocycles. The Bertz CT molecular complexity index is 752. The summed E-state index contributed by atoms with van der Waals surface area (Å²) in [6, 6.07) is 18.1. The highest BCUT2D eigenvalue weighted by molar-refractivity contribution is 7.99. The van der Waals surface area contributed by atoms with Gasteiger partial charge in [-0.3, -0.25) is 4.98 Å². The van der Waals surface area contributed by atoms with Gasteiger partial charge < -0.3 is 5.11 Å². The van der Waals surface area contributed by atoms with Crippen LogP contribution in [0.4, 0.5) is 0 Å². The van der Waals surface area contributed by atoms with Gasteiger partial charge in [-0.15, -0.1) is 11.8 Å². The number of benzene rings is 2. The maximum absolute atomic E-state index is 10.5. The van der Waals surface area contributed by atoms with E-state index in [2.05, 4.69) is 24.0 Å². The predicted octanol–water partition coefficient (Wildman–Crippen LogP) is 4.37. The standard InChI is InChI=1S/C18H17NOS/c1-13-6-2-3-10-18(13)21-12-17(20)15-7-4-9-16-14(15)8-5-11-19-16/h2-11,17,20H,12H2,1H3. The lowest BCUT2D eigenvalue weighted by atomic mass is 10.0. The average molecular weight is 295 g/mol. The fourth-order valence-corrected chi connectivity index (χ4v) is 3.38. The van der Waals surface area contributed by atoms with Gasteiger partial charge in [0.1, 0.15) is 0 Å². The van der Waals surface area contributed by atoms with Gasteiger partial charge in [0.2, 0.25) is 0 Å². The molecule has 3 aromatic rings. The molecule has 0 saturated carbocycles. The summed E-state index contributed by atoms with van der Waals surface area (Å²) in [6.07, 6.45) is 1.28. The normalized spacial score (nSPS) is 12.5. The number of hydrogen-bond acceptors (Lipinski definition) is 3. The second-order valence-electron chi connectivity index (χ2n) is 5.01. The van der Waals surface area contributed by atoms with Crippen LogP contribution in [0, 0.1) is 6.92 Å². The largest absolute Gasteiger partial charge is 0.388 e. The first-order chi connectivity index (χ1) is 10.3. The third-order valence-corrected chi connectivity index (χ3v) is 4.78. The first-order valence-corrected chi connectivity index (χ1v) is 7.94. The number of aliphatic hydroxyl groups excluding tert-OH is 1. The lowest BCUT2D eigenvalue weighted by Gasteiger charge is -2.14. The van der Waals surface area contributed by atoms with E-state index in [1.165, 1.54) is 10.5 Å². The predicted molar refractivity (Wildman–Crippen MR) is 88.6 cm³/mol. The molecule has 1 N–H and O–H groups in total. The van der Waals surface area contributed by atoms with Crippen molar-refractivity contribution < 1.29 is 5.11 Å². The zero-order valence-electron chi connectivity index (χ0n) is 11.9. The van der Waals surface area contributed by atoms with Crippen LogP contribution in [0.5, 0.6) is 0 Å². The Labute approximate surface area is 128 Å². The number of aliphatic hydroxyl groups is 1. The second-order valence-corrected chi connectivity index (χ2v) is 6.07. The van der Waals surface area contributed by atoms with Gasteiger partial charge in [0.15, 0.2) is 0 Å². The highest BCUT2D eigenvalue weighted by atomic mass is 32.2. The number of rotatable bonds is 4. The van der Waals surface area contributed by atoms with Gasteiger partial charge in [-0.1, -0.05) is 36.4 Å². The number of aromatic nitrogens is 1. The third-order valence-electron chi connectivity index (χ3n) is 3.53. The monoisotopic (exact) mass is 295 g/mol. The van der Waals surface area contributed by atoms with Gasteiger partial charge >= 0.3 is 0 Å². The van der Waals surface area contributed by atoms with Crippen LogP contribution in [0.2, 0.25) is 0 Å². The molecule has 2 nitrogen and oxygen atoms in total. The molecule has 1 unspecified atom stereocenters. The number of fused-ring (bicyclic) bond motifs is 1. The van der Waals surface area contributed by atoms with Gasteiger partial charge in [-0.05, 0) is 36.2 Å². The molecule has 0 fully saturated rings. The maximum atomic E-state index is 10.5. The Morgan fingerprint density at radius 2 is 1.90 bits per heavy atom. The van der Waals surface area contributed by atoms with Crippen LogP contribution in [-0.4, -0.2) is 15.8 Å². The smallest absolute Gasteiger partial charge is 0.0890 e. The number of hydrogen-bond donors (Lipinski definition) is 1. The summed E-state index contributed by atoms with van der Waals surface area (Å²) in [7, 11) is 0. The summed E-state index contributed by atoms with van der Waals surface area (Å²) in [4.78, 5) is 5.56. The topological polar surface area (TPSA) is 33.1 Å². The molecule has 3 rings (SSSR count). The fourth-order valence-electron chi connectivity index (χ4n) is 2.39. The average Bonchev–Trinajstić information content (AvgIpc) is 2.53. The zero-order chi connectivity index (χ0) is 14.7. The number of thioether (sulfide) groups is 1. The van der Waals surface area contributed by atoms with Gasteiger partial charge in [0, 0.05) is 22.2 Å². The Kier molecular flexibility index (Phi) is 4.23. The van der Waals surface area contributed by atoms with Crippen molar-refractivity contribution in [3.63, 3.8) is 0 Å². The van der Waals surface area contributed by atoms with Gasteiger partial charge in [0.05, 0.1) is 11.6 Å². The maximum Gasteiger partial charge on any atom is 0.0890 e. The summed E-state index contributed by atoms with van der Waals surface area (Å²) in [6.45, 7) is 2.09. The SMILES string of the molecule is Cc1ccccc1SCC(O)c1cccc2ncccc12. The van der Waals surface area contributed by atoms with Gasteiger partial charge in [0.25, 0.3) is 0 Å². The van der Waals surface area contributed by atoms with Crippen molar-refractivity contribution >= 4 is 22.7 Å². The van der Waals surface area contributed by atoms with E-state index in [9.17, 15) is 5.11 Å². The molecule has 1 aromatic heterocycles. The van der Waals surface area contributed by atoms with Crippen LogP contribution in [0.25, 0.3) is 10.9 Å². The summed E-state index contributed by atoms with van der Waals surface area (Å²) < 4.78 is 0. The van der Waals surface area contributed by atoms with Crippen molar-refractivity contribution in [2.24, 2.45) is 0 Å². The lowest BCUT2D eigenvalue weighted by molar-refractivity contribution is 0.205. The van der Waals surface area contributed by atoms with Crippen LogP contribution >= 0.6 is 11.8 Å². The van der Waals surface area contributed by atoms with Crippen molar-refractivity contribution in [3.05, 3.63) is 71.9 Å². The first kappa shape index (κ1) is 14.1. The molecule has 21 heavy (non-hydrogen) atoms. The Balaban J connectivity index is 1.81. The summed E-state index contributed by atoms with van der Waals surface area (Å²) in [5.74, 6) is 0.638. The molecule has 2 aromatic carbocycles. The van der Waals surface area contributed by atoms with Crippen LogP contribution < -0.4 is 0 Å². The minimum Gasteiger partial charge on any atom is -0.388 e. The van der Waals surface area contributed by atoms with Crippen LogP contribution in [0.15, 0.2) is 65.7 Å². The van der Waals surface area contributed by atoms with Crippen LogP contribution in [0.3, 0.4) is 0 Å². The summed E-state index contributed by atoms with van der Waals surface area (Å²) >= 11 is 1.69. The Morgan fingerprint density at radius 1 is 1.05 bits per heavy atom. The van der Waals surface area contributed by atoms with Crippen molar-refractivity contribution in [2.75, 3.05) is 5.75 Å². The third kappa shape index (κ3) is 3.09. The number of aryl methyl sites for hydroxylation is 1. The van der Waals surface area contributed by atoms with E-state index in [4.69, 9.17) is 0 Å². The van der Waals surface area contributed by atoms with Gasteiger partial charge in [-0.2, -0.15) is 0 Å². The van der Waals surface area contributed by atoms with E-state index in [1.807, 2.05) is 42.5 Å². The Morgan fingerprint density at radius 3 is 2.76 bits per heavy atom. The molecule has 1 atom stereocenters. The van der Waals surface area contributed by atoms with E-state index >= 15 is 0 Å². The molecule has 0 spiro atoms. The van der Waals surface area contributed by atoms with Crippen molar-refractivity contribution in [1.82, 2.24) is 4.98 Å².